The molecular weight excluding hydrogens is 1260 g/mol. The second kappa shape index (κ2) is 40.7. The maximum absolute atomic E-state index is 14.4. The minimum Gasteiger partial charge on any atom is -0.457 e. The van der Waals surface area contributed by atoms with Gasteiger partial charge in [-0.3, -0.25) is 14.4 Å². The van der Waals surface area contributed by atoms with Crippen LogP contribution < -0.4 is 0 Å². The van der Waals surface area contributed by atoms with E-state index in [2.05, 4.69) is 13.8 Å². The van der Waals surface area contributed by atoms with Crippen molar-refractivity contribution in [1.29, 1.82) is 0 Å². The van der Waals surface area contributed by atoms with Crippen molar-refractivity contribution < 1.29 is 121 Å². The number of aliphatic hydroxyl groups is 7. The normalized spacial score (nSPS) is 38.5. The molecule has 0 saturated carbocycles. The Morgan fingerprint density at radius 2 is 1.04 bits per heavy atom. The number of rotatable bonds is 27. The van der Waals surface area contributed by atoms with Crippen LogP contribution in [0.3, 0.4) is 0 Å². The molecule has 6 saturated heterocycles. The smallest absolute Gasteiger partial charge is 0.331 e. The zero-order valence-corrected chi connectivity index (χ0v) is 58.6. The van der Waals surface area contributed by atoms with Crippen molar-refractivity contribution in [3.63, 3.8) is 0 Å². The zero-order chi connectivity index (χ0) is 70.3. The van der Waals surface area contributed by atoms with Gasteiger partial charge in [-0.1, -0.05) is 167 Å². The summed E-state index contributed by atoms with van der Waals surface area (Å²) >= 11 is 0. The largest absolute Gasteiger partial charge is 0.457 e. The Morgan fingerprint density at radius 3 is 1.72 bits per heavy atom. The van der Waals surface area contributed by atoms with Crippen LogP contribution in [-0.4, -0.2) is 219 Å². The lowest BCUT2D eigenvalue weighted by molar-refractivity contribution is -0.403. The molecule has 0 bridgehead atoms. The fourth-order valence-electron chi connectivity index (χ4n) is 13.3. The van der Waals surface area contributed by atoms with Crippen LogP contribution in [0.25, 0.3) is 6.08 Å². The van der Waals surface area contributed by atoms with E-state index < -0.39 is 183 Å². The number of unbranched alkanes of at least 4 members (excludes halogenated alkanes) is 10. The van der Waals surface area contributed by atoms with E-state index in [0.29, 0.717) is 31.2 Å². The van der Waals surface area contributed by atoms with E-state index in [1.165, 1.54) is 39.7 Å². The lowest BCUT2D eigenvalue weighted by Crippen LogP contribution is -2.68. The summed E-state index contributed by atoms with van der Waals surface area (Å²) in [6.45, 7) is 15.2. The van der Waals surface area contributed by atoms with Gasteiger partial charge in [0, 0.05) is 18.9 Å². The van der Waals surface area contributed by atoms with Gasteiger partial charge in [0.25, 0.3) is 0 Å². The summed E-state index contributed by atoms with van der Waals surface area (Å²) < 4.78 is 89.8. The van der Waals surface area contributed by atoms with E-state index in [1.807, 2.05) is 0 Å². The van der Waals surface area contributed by atoms with Crippen molar-refractivity contribution in [3.8, 4) is 0 Å². The second-order valence-corrected chi connectivity index (χ2v) is 27.5. The first-order chi connectivity index (χ1) is 46.5. The van der Waals surface area contributed by atoms with Gasteiger partial charge < -0.3 is 102 Å². The van der Waals surface area contributed by atoms with Crippen LogP contribution in [0.1, 0.15) is 222 Å². The monoisotopic (exact) mass is 1380 g/mol. The lowest BCUT2D eigenvalue weighted by atomic mass is 9.95. The predicted octanol–water partition coefficient (Wildman–Crippen LogP) is 7.60. The number of ether oxygens (including phenoxy) is 14. The standard InChI is InChI=1S/C72H116O25/c1-10-13-15-16-17-18-21-24-31-37-49(73)90-59-44(7)86-69(63(57(59)81)92-51(75)40-39-47-33-28-26-29-34-47)95-61-46(9)88-72(66(93-67(83)41(4)12-3)65(61)96-68-56(80)54(78)52(76)42(5)84-68)94-60-45(8)87-71-64(58(60)82)91-50(74)38-32-25-22-19-20-23-30-36-48(35-27-14-11-2)89-62-55(79)53(77)43(6)85-70(62)97-71/h26,28-29,33-34,39-46,48,52-66,68-72,76-82H,10-25,27,30-32,35-38H2,1-9H3/b40-39+/t41-,42-,43+,44-,45-,46-,48?,52-,53-,54+,55-,56+,57+,58+,59-,60-,61-,62+,63+,64+,65+,66+,68-,69-,70-,71-,72-/m0/s1. The summed E-state index contributed by atoms with van der Waals surface area (Å²) in [6.07, 6.45) is -16.9. The molecule has 0 aromatic heterocycles. The van der Waals surface area contributed by atoms with Gasteiger partial charge in [-0.05, 0) is 78.4 Å². The Kier molecular flexibility index (Phi) is 33.8. The van der Waals surface area contributed by atoms with Crippen LogP contribution in [0.4, 0.5) is 0 Å². The number of carbonyl (C=O) groups is 4. The third-order valence-corrected chi connectivity index (χ3v) is 19.6. The van der Waals surface area contributed by atoms with Crippen LogP contribution in [0.2, 0.25) is 0 Å². The topological polar surface area (TPSA) is 339 Å². The maximum Gasteiger partial charge on any atom is 0.331 e. The molecule has 6 aliphatic heterocycles. The molecule has 7 rings (SSSR count). The highest BCUT2D eigenvalue weighted by molar-refractivity contribution is 5.87. The molecule has 27 atom stereocenters. The van der Waals surface area contributed by atoms with Gasteiger partial charge in [-0.25, -0.2) is 4.79 Å². The fourth-order valence-corrected chi connectivity index (χ4v) is 13.3. The molecule has 25 heteroatoms. The minimum atomic E-state index is -1.95. The summed E-state index contributed by atoms with van der Waals surface area (Å²) in [5.41, 5.74) is 0.649. The summed E-state index contributed by atoms with van der Waals surface area (Å²) in [4.78, 5) is 55.9. The molecule has 7 N–H and O–H groups in total. The van der Waals surface area contributed by atoms with E-state index in [-0.39, 0.29) is 25.4 Å². The van der Waals surface area contributed by atoms with Gasteiger partial charge in [0.15, 0.2) is 49.6 Å². The fraction of sp³-hybridized carbons (Fsp3) is 0.833. The van der Waals surface area contributed by atoms with Crippen molar-refractivity contribution in [2.45, 2.75) is 376 Å². The number of benzene rings is 1. The Bertz CT molecular complexity index is 2490. The molecule has 97 heavy (non-hydrogen) atoms. The zero-order valence-electron chi connectivity index (χ0n) is 58.6. The van der Waals surface area contributed by atoms with Crippen molar-refractivity contribution in [2.24, 2.45) is 5.92 Å². The average molecular weight is 1380 g/mol. The van der Waals surface area contributed by atoms with Gasteiger partial charge in [-0.15, -0.1) is 0 Å². The molecule has 6 aliphatic rings. The third-order valence-electron chi connectivity index (χ3n) is 19.6. The number of hydrogen-bond donors (Lipinski definition) is 7. The third kappa shape index (κ3) is 23.3. The van der Waals surface area contributed by atoms with Crippen molar-refractivity contribution >= 4 is 30.0 Å². The van der Waals surface area contributed by atoms with E-state index in [4.69, 9.17) is 66.3 Å². The van der Waals surface area contributed by atoms with Crippen molar-refractivity contribution in [2.75, 3.05) is 0 Å². The summed E-state index contributed by atoms with van der Waals surface area (Å²) in [6, 6.07) is 8.88. The van der Waals surface area contributed by atoms with E-state index in [0.717, 1.165) is 102 Å². The molecule has 0 amide bonds. The highest BCUT2D eigenvalue weighted by Gasteiger charge is 2.59. The Morgan fingerprint density at radius 1 is 0.495 bits per heavy atom. The molecular formula is C72H116O25. The van der Waals surface area contributed by atoms with Gasteiger partial charge in [0.1, 0.15) is 67.1 Å². The van der Waals surface area contributed by atoms with Crippen LogP contribution in [0.5, 0.6) is 0 Å². The first-order valence-electron chi connectivity index (χ1n) is 36.4. The van der Waals surface area contributed by atoms with E-state index in [9.17, 15) is 54.9 Å². The number of esters is 4. The Labute approximate surface area is 573 Å². The average Bonchev–Trinajstić information content (AvgIpc) is 0.770. The van der Waals surface area contributed by atoms with Crippen LogP contribution in [-0.2, 0) is 85.5 Å². The quantitative estimate of drug-likeness (QED) is 0.0193. The molecule has 6 heterocycles. The van der Waals surface area contributed by atoms with Crippen LogP contribution in [0, 0.1) is 5.92 Å². The van der Waals surface area contributed by atoms with Gasteiger partial charge in [0.2, 0.25) is 6.29 Å². The Balaban J connectivity index is 1.22. The van der Waals surface area contributed by atoms with Crippen molar-refractivity contribution in [3.05, 3.63) is 42.0 Å². The Hall–Kier alpha value is -3.84. The molecule has 1 unspecified atom stereocenters. The molecule has 25 nitrogen and oxygen atoms in total. The van der Waals surface area contributed by atoms with E-state index in [1.54, 1.807) is 58.0 Å². The summed E-state index contributed by atoms with van der Waals surface area (Å²) in [5, 5.41) is 81.7. The number of fused-ring (bicyclic) bond motifs is 2. The molecule has 6 fully saturated rings. The summed E-state index contributed by atoms with van der Waals surface area (Å²) in [5.74, 6) is -3.84. The predicted molar refractivity (Wildman–Crippen MR) is 350 cm³/mol. The molecule has 0 radical (unpaired) electrons. The number of carbonyl (C=O) groups excluding carboxylic acids is 4. The molecule has 0 spiro atoms. The van der Waals surface area contributed by atoms with Crippen LogP contribution >= 0.6 is 0 Å². The first-order valence-corrected chi connectivity index (χ1v) is 36.4. The van der Waals surface area contributed by atoms with Gasteiger partial charge >= 0.3 is 23.9 Å². The summed E-state index contributed by atoms with van der Waals surface area (Å²) in [7, 11) is 0. The highest BCUT2D eigenvalue weighted by Crippen LogP contribution is 2.40. The molecule has 1 aromatic rings. The maximum atomic E-state index is 14.4. The molecule has 1 aromatic carbocycles. The second-order valence-electron chi connectivity index (χ2n) is 27.5. The minimum absolute atomic E-state index is 0.0308. The first kappa shape index (κ1) is 80.5. The number of hydrogen-bond acceptors (Lipinski definition) is 25. The number of aliphatic hydroxyl groups excluding tert-OH is 7. The van der Waals surface area contributed by atoms with Gasteiger partial charge in [0.05, 0.1) is 42.5 Å². The van der Waals surface area contributed by atoms with E-state index >= 15 is 0 Å². The highest BCUT2D eigenvalue weighted by atomic mass is 16.8. The molecule has 0 aliphatic carbocycles. The molecule has 554 valence electrons. The lowest BCUT2D eigenvalue weighted by Gasteiger charge is -2.51. The SMILES string of the molecule is CCCCCCCCCCCC(=O)O[C@@H]1[C@@H](O)[C@@H](OC(=O)/C=C/c2ccccc2)[C@H](O[C@@H]2[C@@H](O[C@@H]3O[C@@H](C)[C@H](O)[C@@H](O)[C@H]3O)[C@@H](OC(=O)[C@@H](C)CC)[C@H](O[C@@H]3[C@@H](O)[C@H]4OC(=O)CCCCCCCCCC(CCCCC)O[C@H]5[C@H](O[C@@H]4O[C@H]3C)O[C@H](C)[C@H](O)[C@@H]5O)O[C@H]2C)O[C@H]1C. The van der Waals surface area contributed by atoms with Crippen molar-refractivity contribution in [1.82, 2.24) is 0 Å². The van der Waals surface area contributed by atoms with Crippen LogP contribution in [0.15, 0.2) is 36.4 Å². The van der Waals surface area contributed by atoms with Gasteiger partial charge in [-0.2, -0.15) is 0 Å².